The lowest BCUT2D eigenvalue weighted by Gasteiger charge is -2.11. The van der Waals surface area contributed by atoms with E-state index in [2.05, 4.69) is 0 Å². The standard InChI is InChI=1S/C12H19NO2S/c1-2-16(14,15)9-8-12(13)10-11-6-4-3-5-7-11/h3-7,12H,2,8-10,13H2,1H3. The third kappa shape index (κ3) is 4.77. The first-order valence-electron chi connectivity index (χ1n) is 5.53. The second-order valence-corrected chi connectivity index (χ2v) is 6.45. The molecule has 1 rings (SSSR count). The lowest BCUT2D eigenvalue weighted by Crippen LogP contribution is -2.26. The molecular weight excluding hydrogens is 222 g/mol. The number of hydrogen-bond acceptors (Lipinski definition) is 3. The second-order valence-electron chi connectivity index (χ2n) is 3.97. The molecule has 0 aromatic heterocycles. The molecule has 90 valence electrons. The van der Waals surface area contributed by atoms with Crippen molar-refractivity contribution < 1.29 is 8.42 Å². The van der Waals surface area contributed by atoms with Gasteiger partial charge in [-0.25, -0.2) is 8.42 Å². The van der Waals surface area contributed by atoms with E-state index in [1.165, 1.54) is 0 Å². The van der Waals surface area contributed by atoms with E-state index in [0.717, 1.165) is 12.0 Å². The third-order valence-electron chi connectivity index (χ3n) is 2.58. The van der Waals surface area contributed by atoms with E-state index in [1.807, 2.05) is 30.3 Å². The summed E-state index contributed by atoms with van der Waals surface area (Å²) >= 11 is 0. The smallest absolute Gasteiger partial charge is 0.150 e. The number of sulfone groups is 1. The van der Waals surface area contributed by atoms with Crippen molar-refractivity contribution in [1.29, 1.82) is 0 Å². The maximum absolute atomic E-state index is 11.3. The minimum atomic E-state index is -2.89. The Hall–Kier alpha value is -0.870. The van der Waals surface area contributed by atoms with Crippen molar-refractivity contribution in [2.45, 2.75) is 25.8 Å². The molecule has 0 amide bonds. The van der Waals surface area contributed by atoms with Gasteiger partial charge in [-0.2, -0.15) is 0 Å². The van der Waals surface area contributed by atoms with E-state index in [9.17, 15) is 8.42 Å². The molecule has 3 nitrogen and oxygen atoms in total. The van der Waals surface area contributed by atoms with Crippen molar-refractivity contribution >= 4 is 9.84 Å². The minimum absolute atomic E-state index is 0.0799. The molecule has 0 saturated carbocycles. The average molecular weight is 241 g/mol. The van der Waals surface area contributed by atoms with Gasteiger partial charge in [-0.15, -0.1) is 0 Å². The van der Waals surface area contributed by atoms with E-state index >= 15 is 0 Å². The number of nitrogens with two attached hydrogens (primary N) is 1. The molecule has 1 atom stereocenters. The Labute approximate surface area is 97.6 Å². The van der Waals surface area contributed by atoms with Gasteiger partial charge in [-0.1, -0.05) is 37.3 Å². The first kappa shape index (κ1) is 13.2. The second kappa shape index (κ2) is 6.01. The average Bonchev–Trinajstić information content (AvgIpc) is 2.28. The zero-order chi connectivity index (χ0) is 12.0. The third-order valence-corrected chi connectivity index (χ3v) is 4.32. The quantitative estimate of drug-likeness (QED) is 0.818. The van der Waals surface area contributed by atoms with Gasteiger partial charge in [0.25, 0.3) is 0 Å². The summed E-state index contributed by atoms with van der Waals surface area (Å²) in [6, 6.07) is 9.82. The molecule has 0 heterocycles. The van der Waals surface area contributed by atoms with Gasteiger partial charge in [-0.05, 0) is 18.4 Å². The fraction of sp³-hybridized carbons (Fsp3) is 0.500. The zero-order valence-corrected chi connectivity index (χ0v) is 10.4. The van der Waals surface area contributed by atoms with Gasteiger partial charge in [0.05, 0.1) is 5.75 Å². The van der Waals surface area contributed by atoms with Crippen LogP contribution in [-0.2, 0) is 16.3 Å². The van der Waals surface area contributed by atoms with E-state index in [0.29, 0.717) is 6.42 Å². The van der Waals surface area contributed by atoms with Crippen molar-refractivity contribution in [1.82, 2.24) is 0 Å². The first-order valence-corrected chi connectivity index (χ1v) is 7.35. The van der Waals surface area contributed by atoms with Gasteiger partial charge in [0.2, 0.25) is 0 Å². The van der Waals surface area contributed by atoms with Crippen LogP contribution < -0.4 is 5.73 Å². The zero-order valence-electron chi connectivity index (χ0n) is 9.59. The van der Waals surface area contributed by atoms with Crippen LogP contribution in [0.5, 0.6) is 0 Å². The molecule has 0 aliphatic rings. The largest absolute Gasteiger partial charge is 0.327 e. The molecule has 0 spiro atoms. The summed E-state index contributed by atoms with van der Waals surface area (Å²) in [6.45, 7) is 1.66. The number of hydrogen-bond donors (Lipinski definition) is 1. The minimum Gasteiger partial charge on any atom is -0.327 e. The summed E-state index contributed by atoms with van der Waals surface area (Å²) in [7, 11) is -2.89. The number of benzene rings is 1. The SMILES string of the molecule is CCS(=O)(=O)CCC(N)Cc1ccccc1. The molecule has 0 aliphatic heterocycles. The Bertz CT molecular complexity index is 400. The molecule has 1 aromatic carbocycles. The van der Waals surface area contributed by atoms with Crippen LogP contribution >= 0.6 is 0 Å². The molecule has 16 heavy (non-hydrogen) atoms. The van der Waals surface area contributed by atoms with Crippen LogP contribution in [0.4, 0.5) is 0 Å². The van der Waals surface area contributed by atoms with Gasteiger partial charge in [0, 0.05) is 11.8 Å². The van der Waals surface area contributed by atoms with Crippen LogP contribution in [0.2, 0.25) is 0 Å². The maximum atomic E-state index is 11.3. The monoisotopic (exact) mass is 241 g/mol. The summed E-state index contributed by atoms with van der Waals surface area (Å²) in [4.78, 5) is 0. The molecule has 0 fully saturated rings. The first-order chi connectivity index (χ1) is 7.53. The van der Waals surface area contributed by atoms with Gasteiger partial charge in [0.1, 0.15) is 9.84 Å². The predicted molar refractivity (Wildman–Crippen MR) is 67.1 cm³/mol. The highest BCUT2D eigenvalue weighted by Crippen LogP contribution is 2.05. The van der Waals surface area contributed by atoms with Gasteiger partial charge >= 0.3 is 0 Å². The van der Waals surface area contributed by atoms with Crippen LogP contribution in [0.15, 0.2) is 30.3 Å². The van der Waals surface area contributed by atoms with Crippen LogP contribution in [0.25, 0.3) is 0 Å². The van der Waals surface area contributed by atoms with E-state index in [1.54, 1.807) is 6.92 Å². The Morgan fingerprint density at radius 2 is 1.88 bits per heavy atom. The summed E-state index contributed by atoms with van der Waals surface area (Å²) < 4.78 is 22.6. The van der Waals surface area contributed by atoms with Crippen LogP contribution in [-0.4, -0.2) is 26.0 Å². The Kier molecular flexibility index (Phi) is 4.96. The Morgan fingerprint density at radius 3 is 2.44 bits per heavy atom. The summed E-state index contributed by atoms with van der Waals surface area (Å²) in [6.07, 6.45) is 1.27. The highest BCUT2D eigenvalue weighted by Gasteiger charge is 2.11. The van der Waals surface area contributed by atoms with E-state index < -0.39 is 9.84 Å². The fourth-order valence-corrected chi connectivity index (χ4v) is 2.44. The lowest BCUT2D eigenvalue weighted by molar-refractivity contribution is 0.581. The van der Waals surface area contributed by atoms with Crippen molar-refractivity contribution in [2.24, 2.45) is 5.73 Å². The highest BCUT2D eigenvalue weighted by atomic mass is 32.2. The molecule has 1 unspecified atom stereocenters. The molecule has 2 N–H and O–H groups in total. The van der Waals surface area contributed by atoms with Gasteiger partial charge in [0.15, 0.2) is 0 Å². The Morgan fingerprint density at radius 1 is 1.25 bits per heavy atom. The van der Waals surface area contributed by atoms with Gasteiger partial charge in [-0.3, -0.25) is 0 Å². The summed E-state index contributed by atoms with van der Waals surface area (Å²) in [5, 5.41) is 0. The molecular formula is C12H19NO2S. The normalized spacial score (nSPS) is 13.6. The molecule has 4 heteroatoms. The highest BCUT2D eigenvalue weighted by molar-refractivity contribution is 7.91. The van der Waals surface area contributed by atoms with E-state index in [-0.39, 0.29) is 17.5 Å². The van der Waals surface area contributed by atoms with Crippen molar-refractivity contribution in [2.75, 3.05) is 11.5 Å². The molecule has 0 aliphatic carbocycles. The van der Waals surface area contributed by atoms with Crippen molar-refractivity contribution in [3.8, 4) is 0 Å². The lowest BCUT2D eigenvalue weighted by atomic mass is 10.1. The van der Waals surface area contributed by atoms with Gasteiger partial charge < -0.3 is 5.73 Å². The maximum Gasteiger partial charge on any atom is 0.150 e. The summed E-state index contributed by atoms with van der Waals surface area (Å²) in [5.41, 5.74) is 7.06. The number of rotatable bonds is 6. The fourth-order valence-electron chi connectivity index (χ4n) is 1.49. The molecule has 0 radical (unpaired) electrons. The van der Waals surface area contributed by atoms with E-state index in [4.69, 9.17) is 5.73 Å². The Balaban J connectivity index is 2.40. The predicted octanol–water partition coefficient (Wildman–Crippen LogP) is 1.38. The van der Waals surface area contributed by atoms with Crippen molar-refractivity contribution in [3.63, 3.8) is 0 Å². The van der Waals surface area contributed by atoms with Crippen LogP contribution in [0, 0.1) is 0 Å². The summed E-state index contributed by atoms with van der Waals surface area (Å²) in [5.74, 6) is 0.391. The topological polar surface area (TPSA) is 60.2 Å². The molecule has 1 aromatic rings. The van der Waals surface area contributed by atoms with Crippen molar-refractivity contribution in [3.05, 3.63) is 35.9 Å². The van der Waals surface area contributed by atoms with Crippen LogP contribution in [0.1, 0.15) is 18.9 Å². The molecule has 0 bridgehead atoms. The van der Waals surface area contributed by atoms with Crippen LogP contribution in [0.3, 0.4) is 0 Å². The molecule has 0 saturated heterocycles.